The van der Waals surface area contributed by atoms with Crippen LogP contribution in [0.15, 0.2) is 18.2 Å². The number of nitrogens with two attached hydrogens (primary N) is 1. The molecule has 3 nitrogen and oxygen atoms in total. The van der Waals surface area contributed by atoms with Crippen molar-refractivity contribution in [1.29, 1.82) is 0 Å². The summed E-state index contributed by atoms with van der Waals surface area (Å²) < 4.78 is 0.948. The van der Waals surface area contributed by atoms with Gasteiger partial charge >= 0.3 is 0 Å². The summed E-state index contributed by atoms with van der Waals surface area (Å²) in [4.78, 5) is 13.0. The van der Waals surface area contributed by atoms with Crippen LogP contribution in [-0.2, 0) is 0 Å². The summed E-state index contributed by atoms with van der Waals surface area (Å²) in [6.45, 7) is 4.14. The minimum Gasteiger partial charge on any atom is -0.397 e. The highest BCUT2D eigenvalue weighted by Gasteiger charge is 2.39. The first-order valence-corrected chi connectivity index (χ1v) is 7.88. The summed E-state index contributed by atoms with van der Waals surface area (Å²) in [5.74, 6) is 0.494. The summed E-state index contributed by atoms with van der Waals surface area (Å²) in [6.07, 6.45) is 2.37. The Morgan fingerprint density at radius 3 is 2.80 bits per heavy atom. The van der Waals surface area contributed by atoms with Gasteiger partial charge in [-0.3, -0.25) is 4.79 Å². The second kappa shape index (κ2) is 4.64. The van der Waals surface area contributed by atoms with Crippen molar-refractivity contribution in [1.82, 2.24) is 5.32 Å². The van der Waals surface area contributed by atoms with E-state index >= 15 is 0 Å². The van der Waals surface area contributed by atoms with Gasteiger partial charge in [-0.05, 0) is 50.8 Å². The summed E-state index contributed by atoms with van der Waals surface area (Å²) >= 11 is 7.38. The number of thiophene rings is 1. The first-order valence-electron chi connectivity index (χ1n) is 6.68. The van der Waals surface area contributed by atoms with E-state index in [2.05, 4.69) is 19.2 Å². The molecule has 3 N–H and O–H groups in total. The molecule has 106 valence electrons. The van der Waals surface area contributed by atoms with Crippen molar-refractivity contribution in [3.63, 3.8) is 0 Å². The van der Waals surface area contributed by atoms with Crippen molar-refractivity contribution >= 4 is 44.6 Å². The molecule has 0 atom stereocenters. The lowest BCUT2D eigenvalue weighted by Gasteiger charge is -2.25. The Morgan fingerprint density at radius 2 is 2.15 bits per heavy atom. The first kappa shape index (κ1) is 13.7. The van der Waals surface area contributed by atoms with Gasteiger partial charge in [0.2, 0.25) is 0 Å². The van der Waals surface area contributed by atoms with Gasteiger partial charge in [-0.15, -0.1) is 11.3 Å². The van der Waals surface area contributed by atoms with Gasteiger partial charge in [0.1, 0.15) is 4.88 Å². The second-order valence-corrected chi connectivity index (χ2v) is 7.42. The van der Waals surface area contributed by atoms with E-state index in [0.717, 1.165) is 10.1 Å². The third-order valence-electron chi connectivity index (χ3n) is 3.93. The molecule has 1 heterocycles. The van der Waals surface area contributed by atoms with Crippen molar-refractivity contribution in [3.05, 3.63) is 28.1 Å². The van der Waals surface area contributed by atoms with Gasteiger partial charge in [0.15, 0.2) is 0 Å². The zero-order valence-corrected chi connectivity index (χ0v) is 13.1. The average molecular weight is 309 g/mol. The maximum absolute atomic E-state index is 12.5. The summed E-state index contributed by atoms with van der Waals surface area (Å²) in [5.41, 5.74) is 6.48. The van der Waals surface area contributed by atoms with Crippen LogP contribution in [0.1, 0.15) is 36.4 Å². The molecule has 1 fully saturated rings. The fourth-order valence-electron chi connectivity index (χ4n) is 2.52. The number of benzene rings is 1. The number of anilines is 1. The number of carbonyl (C=O) groups excluding carboxylic acids is 1. The second-order valence-electron chi connectivity index (χ2n) is 5.94. The number of carbonyl (C=O) groups is 1. The number of rotatable bonds is 3. The van der Waals surface area contributed by atoms with Crippen LogP contribution in [0.4, 0.5) is 5.69 Å². The van der Waals surface area contributed by atoms with E-state index in [-0.39, 0.29) is 11.4 Å². The third kappa shape index (κ3) is 2.38. The van der Waals surface area contributed by atoms with E-state index in [0.29, 0.717) is 21.5 Å². The molecule has 1 aromatic carbocycles. The number of amides is 1. The quantitative estimate of drug-likeness (QED) is 0.898. The zero-order valence-electron chi connectivity index (χ0n) is 11.5. The Bertz CT molecular complexity index is 688. The Morgan fingerprint density at radius 1 is 1.45 bits per heavy atom. The Balaban J connectivity index is 1.93. The summed E-state index contributed by atoms with van der Waals surface area (Å²) in [6, 6.07) is 5.51. The van der Waals surface area contributed by atoms with E-state index in [1.54, 1.807) is 6.07 Å². The Hall–Kier alpha value is -1.26. The van der Waals surface area contributed by atoms with Gasteiger partial charge in [0.25, 0.3) is 5.91 Å². The largest absolute Gasteiger partial charge is 0.397 e. The van der Waals surface area contributed by atoms with E-state index < -0.39 is 0 Å². The Labute approximate surface area is 127 Å². The third-order valence-corrected chi connectivity index (χ3v) is 5.33. The van der Waals surface area contributed by atoms with Gasteiger partial charge in [0.05, 0.1) is 5.69 Å². The number of nitrogens with one attached hydrogen (secondary N) is 1. The van der Waals surface area contributed by atoms with Crippen LogP contribution in [0.2, 0.25) is 5.02 Å². The Kier molecular flexibility index (Phi) is 3.18. The molecule has 1 aliphatic carbocycles. The predicted octanol–water partition coefficient (Wildman–Crippen LogP) is 4.06. The molecular formula is C15H17ClN2OS. The standard InChI is InChI=1S/C15H17ClN2OS/c1-15(2,8-3-4-8)18-14(19)13-12(17)10-6-5-9(16)7-11(10)20-13/h5-8H,3-4,17H2,1-2H3,(H,18,19). The number of hydrogen-bond acceptors (Lipinski definition) is 3. The lowest BCUT2D eigenvalue weighted by Crippen LogP contribution is -2.45. The van der Waals surface area contributed by atoms with Gasteiger partial charge in [-0.1, -0.05) is 11.6 Å². The van der Waals surface area contributed by atoms with Crippen LogP contribution < -0.4 is 11.1 Å². The molecule has 1 amide bonds. The molecule has 5 heteroatoms. The van der Waals surface area contributed by atoms with Crippen LogP contribution in [0, 0.1) is 5.92 Å². The van der Waals surface area contributed by atoms with Gasteiger partial charge in [-0.2, -0.15) is 0 Å². The topological polar surface area (TPSA) is 55.1 Å². The molecule has 0 bridgehead atoms. The van der Waals surface area contributed by atoms with Crippen molar-refractivity contribution < 1.29 is 4.79 Å². The van der Waals surface area contributed by atoms with Crippen molar-refractivity contribution in [2.75, 3.05) is 5.73 Å². The first-order chi connectivity index (χ1) is 9.38. The normalized spacial score (nSPS) is 15.6. The van der Waals surface area contributed by atoms with Crippen LogP contribution in [0.5, 0.6) is 0 Å². The fraction of sp³-hybridized carbons (Fsp3) is 0.400. The zero-order chi connectivity index (χ0) is 14.5. The maximum atomic E-state index is 12.5. The molecule has 0 aliphatic heterocycles. The molecule has 2 aromatic rings. The minimum absolute atomic E-state index is 0.0864. The van der Waals surface area contributed by atoms with Crippen LogP contribution in [-0.4, -0.2) is 11.4 Å². The highest BCUT2D eigenvalue weighted by molar-refractivity contribution is 7.21. The molecule has 0 spiro atoms. The number of fused-ring (bicyclic) bond motifs is 1. The van der Waals surface area contributed by atoms with Crippen molar-refractivity contribution in [3.8, 4) is 0 Å². The van der Waals surface area contributed by atoms with Gasteiger partial charge in [-0.25, -0.2) is 0 Å². The van der Waals surface area contributed by atoms with E-state index in [9.17, 15) is 4.79 Å². The number of halogens is 1. The molecule has 20 heavy (non-hydrogen) atoms. The van der Waals surface area contributed by atoms with Crippen molar-refractivity contribution in [2.45, 2.75) is 32.2 Å². The molecule has 0 saturated heterocycles. The maximum Gasteiger partial charge on any atom is 0.263 e. The average Bonchev–Trinajstić information content (AvgIpc) is 3.15. The smallest absolute Gasteiger partial charge is 0.263 e. The van der Waals surface area contributed by atoms with Crippen LogP contribution in [0.25, 0.3) is 10.1 Å². The molecule has 3 rings (SSSR count). The number of nitrogen functional groups attached to an aromatic ring is 1. The SMILES string of the molecule is CC(C)(NC(=O)c1sc2cc(Cl)ccc2c1N)C1CC1. The van der Waals surface area contributed by atoms with E-state index in [1.807, 2.05) is 12.1 Å². The monoisotopic (exact) mass is 308 g/mol. The van der Waals surface area contributed by atoms with Crippen molar-refractivity contribution in [2.24, 2.45) is 5.92 Å². The predicted molar refractivity (Wildman–Crippen MR) is 85.5 cm³/mol. The highest BCUT2D eigenvalue weighted by Crippen LogP contribution is 2.40. The summed E-state index contributed by atoms with van der Waals surface area (Å²) in [5, 5.41) is 4.66. The molecular weight excluding hydrogens is 292 g/mol. The van der Waals surface area contributed by atoms with E-state index in [4.69, 9.17) is 17.3 Å². The lowest BCUT2D eigenvalue weighted by atomic mass is 9.98. The molecule has 0 unspecified atom stereocenters. The van der Waals surface area contributed by atoms with Crippen LogP contribution >= 0.6 is 22.9 Å². The van der Waals surface area contributed by atoms with Gasteiger partial charge in [0, 0.05) is 20.6 Å². The van der Waals surface area contributed by atoms with Gasteiger partial charge < -0.3 is 11.1 Å². The molecule has 1 aliphatic rings. The minimum atomic E-state index is -0.169. The highest BCUT2D eigenvalue weighted by atomic mass is 35.5. The lowest BCUT2D eigenvalue weighted by molar-refractivity contribution is 0.0908. The van der Waals surface area contributed by atoms with Crippen LogP contribution in [0.3, 0.4) is 0 Å². The molecule has 0 radical (unpaired) electrons. The summed E-state index contributed by atoms with van der Waals surface area (Å²) in [7, 11) is 0. The fourth-order valence-corrected chi connectivity index (χ4v) is 3.81. The van der Waals surface area contributed by atoms with E-state index in [1.165, 1.54) is 24.2 Å². The molecule has 1 aromatic heterocycles. The number of hydrogen-bond donors (Lipinski definition) is 2. The molecule has 1 saturated carbocycles.